The maximum Gasteiger partial charge on any atom is 0.221 e. The fourth-order valence-corrected chi connectivity index (χ4v) is 1.52. The van der Waals surface area contributed by atoms with E-state index in [2.05, 4.69) is 10.1 Å². The van der Waals surface area contributed by atoms with Crippen LogP contribution in [0.15, 0.2) is 29.5 Å². The van der Waals surface area contributed by atoms with Crippen LogP contribution in [0.2, 0.25) is 5.02 Å². The van der Waals surface area contributed by atoms with Crippen molar-refractivity contribution >= 4 is 23.8 Å². The van der Waals surface area contributed by atoms with Crippen molar-refractivity contribution in [3.63, 3.8) is 0 Å². The van der Waals surface area contributed by atoms with Crippen LogP contribution in [0, 0.1) is 12.7 Å². The molecule has 0 saturated carbocycles. The van der Waals surface area contributed by atoms with E-state index >= 15 is 0 Å². The molecular weight excluding hydrogens is 243 g/mol. The van der Waals surface area contributed by atoms with Crippen LogP contribution in [0.1, 0.15) is 11.3 Å². The van der Waals surface area contributed by atoms with Gasteiger partial charge < -0.3 is 5.73 Å². The molecule has 1 aromatic carbocycles. The van der Waals surface area contributed by atoms with Crippen molar-refractivity contribution in [2.45, 2.75) is 6.92 Å². The highest BCUT2D eigenvalue weighted by Crippen LogP contribution is 2.18. The van der Waals surface area contributed by atoms with Crippen molar-refractivity contribution in [2.24, 2.45) is 5.10 Å². The summed E-state index contributed by atoms with van der Waals surface area (Å²) < 4.78 is 14.6. The van der Waals surface area contributed by atoms with Gasteiger partial charge in [-0.15, -0.1) is 0 Å². The second-order valence-electron chi connectivity index (χ2n) is 3.47. The highest BCUT2D eigenvalue weighted by atomic mass is 35.5. The van der Waals surface area contributed by atoms with Gasteiger partial charge in [-0.25, -0.2) is 14.1 Å². The Labute approximate surface area is 103 Å². The van der Waals surface area contributed by atoms with Crippen molar-refractivity contribution < 1.29 is 4.39 Å². The van der Waals surface area contributed by atoms with E-state index in [-0.39, 0.29) is 11.0 Å². The van der Waals surface area contributed by atoms with E-state index < -0.39 is 5.82 Å². The third kappa shape index (κ3) is 2.45. The summed E-state index contributed by atoms with van der Waals surface area (Å²) in [7, 11) is 0. The zero-order chi connectivity index (χ0) is 12.4. The molecule has 0 spiro atoms. The Balaban J connectivity index is 2.32. The van der Waals surface area contributed by atoms with E-state index in [1.165, 1.54) is 17.0 Å². The quantitative estimate of drug-likeness (QED) is 0.835. The van der Waals surface area contributed by atoms with Crippen molar-refractivity contribution in [3.8, 4) is 0 Å². The number of imidazole rings is 1. The summed E-state index contributed by atoms with van der Waals surface area (Å²) in [5.74, 6) is -0.211. The number of hydrogen-bond donors (Lipinski definition) is 1. The predicted octanol–water partition coefficient (Wildman–Crippen LogP) is 2.45. The number of nitrogens with two attached hydrogens (primary N) is 1. The number of rotatable bonds is 2. The number of halogens is 2. The Morgan fingerprint density at radius 3 is 2.94 bits per heavy atom. The molecule has 88 valence electrons. The first-order valence-corrected chi connectivity index (χ1v) is 5.25. The summed E-state index contributed by atoms with van der Waals surface area (Å²) in [5, 5.41) is 4.09. The average molecular weight is 253 g/mol. The van der Waals surface area contributed by atoms with Gasteiger partial charge in [0.05, 0.1) is 23.1 Å². The molecule has 0 unspecified atom stereocenters. The Morgan fingerprint density at radius 2 is 2.29 bits per heavy atom. The molecule has 0 amide bonds. The highest BCUT2D eigenvalue weighted by molar-refractivity contribution is 6.33. The van der Waals surface area contributed by atoms with Crippen LogP contribution in [0.5, 0.6) is 0 Å². The van der Waals surface area contributed by atoms with Crippen molar-refractivity contribution in [1.29, 1.82) is 0 Å². The summed E-state index contributed by atoms with van der Waals surface area (Å²) in [6.45, 7) is 1.80. The van der Waals surface area contributed by atoms with Crippen LogP contribution in [0.25, 0.3) is 0 Å². The molecule has 6 heteroatoms. The summed E-state index contributed by atoms with van der Waals surface area (Å²) in [6, 6.07) is 4.51. The van der Waals surface area contributed by atoms with Gasteiger partial charge in [-0.05, 0) is 13.0 Å². The Kier molecular flexibility index (Phi) is 3.10. The lowest BCUT2D eigenvalue weighted by Gasteiger charge is -1.99. The van der Waals surface area contributed by atoms with Gasteiger partial charge in [-0.1, -0.05) is 23.7 Å². The molecule has 17 heavy (non-hydrogen) atoms. The van der Waals surface area contributed by atoms with E-state index in [0.29, 0.717) is 5.56 Å². The molecule has 2 N–H and O–H groups in total. The standard InChI is InChI=1S/C11H10ClFN4/c1-7-6-17(11(14)16-7)15-5-8-3-2-4-9(13)10(8)12/h2-6H,1H3,(H2,14,16). The van der Waals surface area contributed by atoms with Crippen molar-refractivity contribution in [3.05, 3.63) is 46.5 Å². The molecule has 0 atom stereocenters. The lowest BCUT2D eigenvalue weighted by atomic mass is 10.2. The molecule has 0 saturated heterocycles. The average Bonchev–Trinajstić information content (AvgIpc) is 2.60. The molecule has 0 radical (unpaired) electrons. The number of aryl methyl sites for hydroxylation is 1. The molecule has 1 heterocycles. The van der Waals surface area contributed by atoms with Gasteiger partial charge in [0, 0.05) is 5.56 Å². The minimum Gasteiger partial charge on any atom is -0.368 e. The fourth-order valence-electron chi connectivity index (χ4n) is 1.34. The molecule has 4 nitrogen and oxygen atoms in total. The molecule has 2 aromatic rings. The van der Waals surface area contributed by atoms with E-state index in [1.54, 1.807) is 25.3 Å². The van der Waals surface area contributed by atoms with E-state index in [0.717, 1.165) is 5.69 Å². The normalized spacial score (nSPS) is 11.2. The molecule has 2 rings (SSSR count). The van der Waals surface area contributed by atoms with E-state index in [1.807, 2.05) is 0 Å². The number of hydrogen-bond acceptors (Lipinski definition) is 3. The Bertz CT molecular complexity index is 577. The van der Waals surface area contributed by atoms with Crippen LogP contribution in [0.4, 0.5) is 10.3 Å². The first-order valence-electron chi connectivity index (χ1n) is 4.88. The topological polar surface area (TPSA) is 56.2 Å². The van der Waals surface area contributed by atoms with Crippen LogP contribution in [0.3, 0.4) is 0 Å². The first kappa shape index (κ1) is 11.6. The Morgan fingerprint density at radius 1 is 1.53 bits per heavy atom. The smallest absolute Gasteiger partial charge is 0.221 e. The minimum atomic E-state index is -0.481. The molecule has 0 aliphatic rings. The third-order valence-corrected chi connectivity index (χ3v) is 2.54. The molecule has 0 aliphatic heterocycles. The van der Waals surface area contributed by atoms with Crippen LogP contribution in [-0.4, -0.2) is 15.9 Å². The van der Waals surface area contributed by atoms with Gasteiger partial charge in [0.1, 0.15) is 5.82 Å². The van der Waals surface area contributed by atoms with Gasteiger partial charge in [0.25, 0.3) is 0 Å². The lowest BCUT2D eigenvalue weighted by Crippen LogP contribution is -1.97. The highest BCUT2D eigenvalue weighted by Gasteiger charge is 2.03. The summed E-state index contributed by atoms with van der Waals surface area (Å²) in [5.41, 5.74) is 6.84. The minimum absolute atomic E-state index is 0.0339. The zero-order valence-corrected chi connectivity index (χ0v) is 9.82. The predicted molar refractivity (Wildman–Crippen MR) is 65.8 cm³/mol. The van der Waals surface area contributed by atoms with Gasteiger partial charge >= 0.3 is 0 Å². The number of nitrogen functional groups attached to an aromatic ring is 1. The number of benzene rings is 1. The van der Waals surface area contributed by atoms with E-state index in [9.17, 15) is 4.39 Å². The van der Waals surface area contributed by atoms with Gasteiger partial charge in [-0.2, -0.15) is 5.10 Å². The van der Waals surface area contributed by atoms with E-state index in [4.69, 9.17) is 17.3 Å². The largest absolute Gasteiger partial charge is 0.368 e. The molecule has 0 aliphatic carbocycles. The first-order chi connectivity index (χ1) is 8.08. The van der Waals surface area contributed by atoms with Crippen molar-refractivity contribution in [1.82, 2.24) is 9.66 Å². The lowest BCUT2D eigenvalue weighted by molar-refractivity contribution is 0.628. The summed E-state index contributed by atoms with van der Waals surface area (Å²) >= 11 is 5.78. The molecular formula is C11H10ClFN4. The van der Waals surface area contributed by atoms with Crippen molar-refractivity contribution in [2.75, 3.05) is 5.73 Å². The molecule has 0 bridgehead atoms. The van der Waals surface area contributed by atoms with Gasteiger partial charge in [-0.3, -0.25) is 0 Å². The SMILES string of the molecule is Cc1cn(N=Cc2cccc(F)c2Cl)c(N)n1. The maximum atomic E-state index is 13.2. The third-order valence-electron chi connectivity index (χ3n) is 2.14. The monoisotopic (exact) mass is 252 g/mol. The molecule has 1 aromatic heterocycles. The fraction of sp³-hybridized carbons (Fsp3) is 0.0909. The van der Waals surface area contributed by atoms with Crippen LogP contribution >= 0.6 is 11.6 Å². The molecule has 0 fully saturated rings. The van der Waals surface area contributed by atoms with Crippen LogP contribution < -0.4 is 5.73 Å². The second kappa shape index (κ2) is 4.55. The van der Waals surface area contributed by atoms with Gasteiger partial charge in [0.2, 0.25) is 5.95 Å². The summed E-state index contributed by atoms with van der Waals surface area (Å²) in [6.07, 6.45) is 3.10. The Hall–Kier alpha value is -1.88. The second-order valence-corrected chi connectivity index (χ2v) is 3.85. The summed E-state index contributed by atoms with van der Waals surface area (Å²) in [4.78, 5) is 3.98. The number of nitrogens with zero attached hydrogens (tertiary/aromatic N) is 3. The zero-order valence-electron chi connectivity index (χ0n) is 9.06. The van der Waals surface area contributed by atoms with Gasteiger partial charge in [0.15, 0.2) is 0 Å². The maximum absolute atomic E-state index is 13.2. The number of anilines is 1. The number of aromatic nitrogens is 2. The van der Waals surface area contributed by atoms with Crippen LogP contribution in [-0.2, 0) is 0 Å².